The molecule has 0 atom stereocenters. The summed E-state index contributed by atoms with van der Waals surface area (Å²) in [7, 11) is 0. The van der Waals surface area contributed by atoms with Crippen molar-refractivity contribution >= 4 is 46.4 Å². The molecule has 4 aromatic carbocycles. The fraction of sp³-hybridized carbons (Fsp3) is 0.670. The molecule has 2 aromatic heterocycles. The lowest BCUT2D eigenvalue weighted by Gasteiger charge is -2.29. The van der Waals surface area contributed by atoms with E-state index in [4.69, 9.17) is 94.7 Å². The number of amides is 3. The van der Waals surface area contributed by atoms with E-state index in [0.29, 0.717) is 378 Å². The maximum Gasteiger partial charge on any atom is 0.229 e. The minimum Gasteiger partial charge on any atom is -0.379 e. The van der Waals surface area contributed by atoms with Gasteiger partial charge in [0, 0.05) is 99.3 Å². The first-order valence-corrected chi connectivity index (χ1v) is 49.7. The fourth-order valence-electron chi connectivity index (χ4n) is 14.6. The number of carbonyl (C=O) groups is 6. The predicted molar refractivity (Wildman–Crippen MR) is 523 cm³/mol. The summed E-state index contributed by atoms with van der Waals surface area (Å²) >= 11 is 0. The number of carbonyl (C=O) groups excluding carboxylic acids is 6. The largest absolute Gasteiger partial charge is 0.379 e. The summed E-state index contributed by atoms with van der Waals surface area (Å²) in [5.41, 5.74) is 10.3. The number of ketones is 3. The van der Waals surface area contributed by atoms with Crippen LogP contribution >= 0.6 is 0 Å². The van der Waals surface area contributed by atoms with Gasteiger partial charge in [-0.05, 0) is 66.7 Å². The van der Waals surface area contributed by atoms with Crippen LogP contribution in [0.5, 0.6) is 0 Å². The first kappa shape index (κ1) is 117. The van der Waals surface area contributed by atoms with Crippen LogP contribution < -0.4 is 15.1 Å². The monoisotopic (exact) mass is 1940 g/mol. The average Bonchev–Trinajstić information content (AvgIpc) is 1.56. The van der Waals surface area contributed by atoms with Crippen LogP contribution in [0.25, 0.3) is 45.0 Å². The lowest BCUT2D eigenvalue weighted by atomic mass is 9.95. The van der Waals surface area contributed by atoms with Gasteiger partial charge in [-0.2, -0.15) is 0 Å². The highest BCUT2D eigenvalue weighted by molar-refractivity contribution is 6.02. The number of aromatic nitrogens is 6. The van der Waals surface area contributed by atoms with Crippen LogP contribution in [-0.2, 0) is 150 Å². The van der Waals surface area contributed by atoms with Gasteiger partial charge in [0.25, 0.3) is 0 Å². The van der Waals surface area contributed by atoms with E-state index in [0.717, 1.165) is 80.4 Å². The van der Waals surface area contributed by atoms with E-state index < -0.39 is 0 Å². The summed E-state index contributed by atoms with van der Waals surface area (Å²) < 4.78 is 115. The van der Waals surface area contributed by atoms with Gasteiger partial charge in [-0.3, -0.25) is 28.8 Å². The maximum atomic E-state index is 13.9. The van der Waals surface area contributed by atoms with Crippen LogP contribution in [0, 0.1) is 23.7 Å². The lowest BCUT2D eigenvalue weighted by molar-refractivity contribution is -0.124. The number of ether oxygens (including phenoxy) is 20. The third-order valence-electron chi connectivity index (χ3n) is 21.4. The zero-order valence-corrected chi connectivity index (χ0v) is 83.5. The van der Waals surface area contributed by atoms with Crippen LogP contribution in [0.3, 0.4) is 0 Å². The van der Waals surface area contributed by atoms with Gasteiger partial charge < -0.3 is 110 Å². The molecule has 0 saturated carbocycles. The molecular weight excluding hydrogens is 1780 g/mol. The molecule has 0 saturated heterocycles. The number of hydrogen-bond acceptors (Lipinski definition) is 30. The third-order valence-corrected chi connectivity index (χ3v) is 21.4. The zero-order chi connectivity index (χ0) is 98.3. The molecule has 35 heteroatoms. The number of nitrogens with zero attached hydrogens (tertiary/aromatic N) is 8. The Labute approximate surface area is 817 Å². The molecule has 138 heavy (non-hydrogen) atoms. The highest BCUT2D eigenvalue weighted by atomic mass is 16.6. The molecule has 0 aliphatic carbocycles. The minimum atomic E-state index is -0.153. The van der Waals surface area contributed by atoms with E-state index >= 15 is 0 Å². The van der Waals surface area contributed by atoms with Gasteiger partial charge in [0.05, 0.1) is 300 Å². The van der Waals surface area contributed by atoms with E-state index in [2.05, 4.69) is 67.5 Å². The van der Waals surface area contributed by atoms with Crippen molar-refractivity contribution in [3.63, 3.8) is 0 Å². The Morgan fingerprint density at radius 3 is 0.804 bits per heavy atom. The Bertz CT molecular complexity index is 4250. The third kappa shape index (κ3) is 49.9. The van der Waals surface area contributed by atoms with Crippen LogP contribution in [-0.4, -0.2) is 336 Å². The van der Waals surface area contributed by atoms with Gasteiger partial charge in [-0.25, -0.2) is 9.36 Å². The average molecular weight is 1940 g/mol. The molecule has 4 heterocycles. The maximum absolute atomic E-state index is 13.9. The van der Waals surface area contributed by atoms with E-state index in [-0.39, 0.29) is 42.4 Å². The number of rotatable bonds is 83. The second-order valence-electron chi connectivity index (χ2n) is 34.6. The van der Waals surface area contributed by atoms with Crippen molar-refractivity contribution in [1.82, 2.24) is 35.3 Å². The van der Waals surface area contributed by atoms with E-state index in [1.54, 1.807) is 4.90 Å². The summed E-state index contributed by atoms with van der Waals surface area (Å²) in [6, 6.07) is 31.7. The number of nitrogens with one attached hydrogen (secondary N) is 1. The van der Waals surface area contributed by atoms with Crippen LogP contribution in [0.15, 0.2) is 97.1 Å². The number of fused-ring (bicyclic) bond motifs is 10. The topological polar surface area (TPSA) is 367 Å². The molecule has 0 radical (unpaired) electrons. The number of unbranched alkanes of at least 4 members (excludes halogenated alkanes) is 1. The number of Topliss-reactive ketones (excluding diaryl/α,β-unsaturated/α-hetero) is 3. The van der Waals surface area contributed by atoms with Gasteiger partial charge in [-0.1, -0.05) is 151 Å². The van der Waals surface area contributed by atoms with E-state index in [1.165, 1.54) is 0 Å². The minimum absolute atomic E-state index is 0.0264. The lowest BCUT2D eigenvalue weighted by Crippen LogP contribution is -2.36. The Hall–Kier alpha value is -8.22. The van der Waals surface area contributed by atoms with Crippen LogP contribution in [0.2, 0.25) is 0 Å². The molecule has 35 nitrogen and oxygen atoms in total. The van der Waals surface area contributed by atoms with Crippen molar-refractivity contribution in [2.24, 2.45) is 23.7 Å². The SMILES string of the molecule is CC(C)CC(=O)CCCCC(=O)N1Cc2ccccc2-c2nnn(CCOCCOCCOCCOCCOCCOCCOCCOCCOCCOCCCC(=O)CC(C)C)c2-c2ccccc21.CC(C)CC(=O)CCCOCCOCCOCCOCCOCCOCCOCCOCCOCCOCCn1nnc2c1-c1ccccc1N(C(=O)CCNC(=O)C(C)C)Cc1ccccc1-2. The van der Waals surface area contributed by atoms with E-state index in [1.807, 2.05) is 125 Å². The summed E-state index contributed by atoms with van der Waals surface area (Å²) in [5, 5.41) is 21.2. The molecule has 772 valence electrons. The number of para-hydroxylation sites is 2. The standard InChI is InChI=1S/C53H82N4O13.C50H77N5O13/c1-43(2)40-46(58)13-6-10-18-51(60)56-42-45-12-5-7-15-48(45)52-53(49-16-8-9-17-50(49)56)57(55-54-52)19-21-62-23-25-64-27-29-66-31-33-68-35-37-70-39-38-69-36-34-67-32-30-65-28-26-63-24-22-61-20-11-14-47(59)41-44(3)4;1-40(2)38-43(56)11-9-18-59-20-22-61-24-26-63-28-30-65-32-34-67-36-37-68-35-33-66-31-29-64-27-25-62-23-21-60-19-17-55-49-45-13-7-8-14-46(45)54(47(57)15-16-51-50(58)41(3)4)39-42-10-5-6-12-44(42)48(49)52-53-55/h5,7-9,12,15-17,43-44H,6,10-11,13-14,18-42H2,1-4H3;5-8,10,12-14,40-41H,9,11,15-39H2,1-4H3,(H,51,58). The molecule has 0 unspecified atom stereocenters. The van der Waals surface area contributed by atoms with Crippen molar-refractivity contribution in [2.45, 2.75) is 159 Å². The smallest absolute Gasteiger partial charge is 0.229 e. The quantitative estimate of drug-likeness (QED) is 0.0347. The van der Waals surface area contributed by atoms with Crippen molar-refractivity contribution in [3.8, 4) is 45.0 Å². The first-order chi connectivity index (χ1) is 67.5. The van der Waals surface area contributed by atoms with Gasteiger partial charge in [0.15, 0.2) is 0 Å². The normalized spacial score (nSPS) is 12.3. The molecule has 0 bridgehead atoms. The van der Waals surface area contributed by atoms with Crippen LogP contribution in [0.4, 0.5) is 11.4 Å². The molecule has 8 rings (SSSR count). The summed E-state index contributed by atoms with van der Waals surface area (Å²) in [6.07, 6.45) is 6.95. The van der Waals surface area contributed by atoms with Crippen molar-refractivity contribution < 1.29 is 124 Å². The van der Waals surface area contributed by atoms with Gasteiger partial charge >= 0.3 is 0 Å². The Kier molecular flexibility index (Phi) is 63.2. The molecule has 3 amide bonds. The highest BCUT2D eigenvalue weighted by Gasteiger charge is 2.32. The fourth-order valence-corrected chi connectivity index (χ4v) is 14.6. The van der Waals surface area contributed by atoms with Gasteiger partial charge in [0.2, 0.25) is 17.7 Å². The Morgan fingerprint density at radius 1 is 0.283 bits per heavy atom. The van der Waals surface area contributed by atoms with Crippen molar-refractivity contribution in [2.75, 3.05) is 281 Å². The second-order valence-corrected chi connectivity index (χ2v) is 34.6. The number of benzene rings is 4. The molecule has 0 fully saturated rings. The Balaban J connectivity index is 0.000000376. The van der Waals surface area contributed by atoms with Gasteiger partial charge in [0.1, 0.15) is 28.7 Å². The first-order valence-electron chi connectivity index (χ1n) is 49.7. The summed E-state index contributed by atoms with van der Waals surface area (Å²) in [6.45, 7) is 36.9. The van der Waals surface area contributed by atoms with Crippen molar-refractivity contribution in [3.05, 3.63) is 108 Å². The van der Waals surface area contributed by atoms with Crippen LogP contribution in [0.1, 0.15) is 144 Å². The number of hydrogen-bond donors (Lipinski definition) is 1. The predicted octanol–water partition coefficient (Wildman–Crippen LogP) is 12.4. The molecule has 6 aromatic rings. The van der Waals surface area contributed by atoms with Crippen molar-refractivity contribution in [1.29, 1.82) is 0 Å². The zero-order valence-electron chi connectivity index (χ0n) is 83.5. The summed E-state index contributed by atoms with van der Waals surface area (Å²) in [5.74, 6) is 1.73. The molecule has 0 spiro atoms. The van der Waals surface area contributed by atoms with E-state index in [9.17, 15) is 28.8 Å². The molecular formula is C103H159N9O26. The second kappa shape index (κ2) is 74.7. The highest BCUT2D eigenvalue weighted by Crippen LogP contribution is 2.43. The molecule has 1 N–H and O–H groups in total. The molecule has 2 aliphatic heterocycles. The molecule has 2 aliphatic rings. The number of anilines is 2. The Morgan fingerprint density at radius 2 is 0.522 bits per heavy atom. The summed E-state index contributed by atoms with van der Waals surface area (Å²) in [4.78, 5) is 79.0. The van der Waals surface area contributed by atoms with Gasteiger partial charge in [-0.15, -0.1) is 10.2 Å².